The number of unbranched alkanes of at least 4 members (excludes halogenated alkanes) is 1. The minimum Gasteiger partial charge on any atom is -0.353 e. The summed E-state index contributed by atoms with van der Waals surface area (Å²) in [6.07, 6.45) is 6.04. The topological polar surface area (TPSA) is 72.2 Å². The maximum Gasteiger partial charge on any atom is 0.269 e. The first-order valence-electron chi connectivity index (χ1n) is 7.89. The molecule has 0 aromatic heterocycles. The van der Waals surface area contributed by atoms with Gasteiger partial charge in [-0.3, -0.25) is 14.9 Å². The predicted octanol–water partition coefficient (Wildman–Crippen LogP) is 3.75. The zero-order valence-electron chi connectivity index (χ0n) is 13.4. The molecule has 0 radical (unpaired) electrons. The van der Waals surface area contributed by atoms with Crippen molar-refractivity contribution in [1.29, 1.82) is 0 Å². The van der Waals surface area contributed by atoms with E-state index in [1.54, 1.807) is 18.2 Å². The van der Waals surface area contributed by atoms with Crippen LogP contribution in [0.15, 0.2) is 60.7 Å². The van der Waals surface area contributed by atoms with Gasteiger partial charge in [-0.05, 0) is 48.6 Å². The van der Waals surface area contributed by atoms with Crippen LogP contribution >= 0.6 is 0 Å². The summed E-state index contributed by atoms with van der Waals surface area (Å²) in [5.41, 5.74) is 2.09. The molecule has 5 nitrogen and oxygen atoms in total. The van der Waals surface area contributed by atoms with E-state index in [-0.39, 0.29) is 11.6 Å². The number of nitro benzene ring substituents is 1. The normalized spacial score (nSPS) is 10.7. The van der Waals surface area contributed by atoms with E-state index in [1.165, 1.54) is 23.8 Å². The number of rotatable bonds is 8. The van der Waals surface area contributed by atoms with Crippen molar-refractivity contribution in [2.75, 3.05) is 6.54 Å². The maximum absolute atomic E-state index is 11.7. The van der Waals surface area contributed by atoms with Crippen molar-refractivity contribution in [3.63, 3.8) is 0 Å². The van der Waals surface area contributed by atoms with Gasteiger partial charge in [-0.25, -0.2) is 0 Å². The monoisotopic (exact) mass is 324 g/mol. The highest BCUT2D eigenvalue weighted by molar-refractivity contribution is 5.91. The molecule has 0 bridgehead atoms. The number of nitrogens with one attached hydrogen (secondary N) is 1. The van der Waals surface area contributed by atoms with Crippen molar-refractivity contribution in [2.24, 2.45) is 0 Å². The second-order valence-corrected chi connectivity index (χ2v) is 5.42. The van der Waals surface area contributed by atoms with E-state index in [1.807, 2.05) is 18.2 Å². The summed E-state index contributed by atoms with van der Waals surface area (Å²) in [6, 6.07) is 16.3. The SMILES string of the molecule is O=C(C=Cc1ccc([N+](=O)[O-])cc1)NCCCCc1ccccc1. The highest BCUT2D eigenvalue weighted by Gasteiger charge is 2.02. The first kappa shape index (κ1) is 17.4. The van der Waals surface area contributed by atoms with E-state index >= 15 is 0 Å². The molecule has 0 unspecified atom stereocenters. The summed E-state index contributed by atoms with van der Waals surface area (Å²) in [7, 11) is 0. The van der Waals surface area contributed by atoms with Crippen LogP contribution < -0.4 is 5.32 Å². The second-order valence-electron chi connectivity index (χ2n) is 5.42. The maximum atomic E-state index is 11.7. The van der Waals surface area contributed by atoms with Crippen LogP contribution in [-0.2, 0) is 11.2 Å². The minimum atomic E-state index is -0.449. The van der Waals surface area contributed by atoms with Crippen molar-refractivity contribution in [2.45, 2.75) is 19.3 Å². The van der Waals surface area contributed by atoms with Crippen molar-refractivity contribution < 1.29 is 9.72 Å². The molecule has 2 rings (SSSR count). The van der Waals surface area contributed by atoms with E-state index < -0.39 is 4.92 Å². The lowest BCUT2D eigenvalue weighted by Gasteiger charge is -2.03. The third-order valence-electron chi connectivity index (χ3n) is 3.57. The van der Waals surface area contributed by atoms with Gasteiger partial charge in [0.25, 0.3) is 5.69 Å². The summed E-state index contributed by atoms with van der Waals surface area (Å²) in [6.45, 7) is 0.635. The summed E-state index contributed by atoms with van der Waals surface area (Å²) in [4.78, 5) is 21.8. The van der Waals surface area contributed by atoms with E-state index in [0.29, 0.717) is 6.54 Å². The molecule has 0 aliphatic rings. The van der Waals surface area contributed by atoms with Crippen LogP contribution in [0, 0.1) is 10.1 Å². The fourth-order valence-corrected chi connectivity index (χ4v) is 2.25. The van der Waals surface area contributed by atoms with Crippen LogP contribution in [0.4, 0.5) is 5.69 Å². The van der Waals surface area contributed by atoms with Crippen molar-refractivity contribution in [3.8, 4) is 0 Å². The van der Waals surface area contributed by atoms with E-state index in [4.69, 9.17) is 0 Å². The number of carbonyl (C=O) groups is 1. The highest BCUT2D eigenvalue weighted by Crippen LogP contribution is 2.12. The zero-order valence-corrected chi connectivity index (χ0v) is 13.4. The Morgan fingerprint density at radius 1 is 1.04 bits per heavy atom. The fourth-order valence-electron chi connectivity index (χ4n) is 2.25. The summed E-state index contributed by atoms with van der Waals surface area (Å²) in [5, 5.41) is 13.4. The van der Waals surface area contributed by atoms with Crippen LogP contribution in [0.2, 0.25) is 0 Å². The van der Waals surface area contributed by atoms with Gasteiger partial charge in [0.2, 0.25) is 5.91 Å². The number of non-ortho nitro benzene ring substituents is 1. The Bertz CT molecular complexity index is 694. The molecule has 0 atom stereocenters. The van der Waals surface area contributed by atoms with Gasteiger partial charge >= 0.3 is 0 Å². The van der Waals surface area contributed by atoms with E-state index in [0.717, 1.165) is 24.8 Å². The number of hydrogen-bond acceptors (Lipinski definition) is 3. The van der Waals surface area contributed by atoms with Gasteiger partial charge in [0.05, 0.1) is 4.92 Å². The van der Waals surface area contributed by atoms with Crippen LogP contribution in [0.1, 0.15) is 24.0 Å². The van der Waals surface area contributed by atoms with Gasteiger partial charge < -0.3 is 5.32 Å². The lowest BCUT2D eigenvalue weighted by atomic mass is 10.1. The Morgan fingerprint density at radius 2 is 1.75 bits per heavy atom. The molecule has 1 N–H and O–H groups in total. The standard InChI is InChI=1S/C19H20N2O3/c22-19(14-11-17-9-12-18(13-10-17)21(23)24)20-15-5-4-8-16-6-2-1-3-7-16/h1-3,6-7,9-14H,4-5,8,15H2,(H,20,22). The number of amides is 1. The molecular weight excluding hydrogens is 304 g/mol. The third kappa shape index (κ3) is 6.04. The number of hydrogen-bond donors (Lipinski definition) is 1. The number of benzene rings is 2. The minimum absolute atomic E-state index is 0.0371. The van der Waals surface area contributed by atoms with Gasteiger partial charge in [0, 0.05) is 24.8 Å². The average Bonchev–Trinajstić information content (AvgIpc) is 2.61. The van der Waals surface area contributed by atoms with Gasteiger partial charge in [-0.2, -0.15) is 0 Å². The number of carbonyl (C=O) groups excluding carboxylic acids is 1. The molecule has 5 heteroatoms. The van der Waals surface area contributed by atoms with Crippen molar-refractivity contribution in [1.82, 2.24) is 5.32 Å². The van der Waals surface area contributed by atoms with Crippen LogP contribution in [0.3, 0.4) is 0 Å². The van der Waals surface area contributed by atoms with Crippen LogP contribution in [0.5, 0.6) is 0 Å². The summed E-state index contributed by atoms with van der Waals surface area (Å²) in [5.74, 6) is -0.159. The summed E-state index contributed by atoms with van der Waals surface area (Å²) >= 11 is 0. The van der Waals surface area contributed by atoms with Gasteiger partial charge in [-0.15, -0.1) is 0 Å². The van der Waals surface area contributed by atoms with Gasteiger partial charge in [0.1, 0.15) is 0 Å². The first-order valence-corrected chi connectivity index (χ1v) is 7.89. The molecule has 0 spiro atoms. The van der Waals surface area contributed by atoms with Crippen molar-refractivity contribution in [3.05, 3.63) is 81.9 Å². The van der Waals surface area contributed by atoms with E-state index in [9.17, 15) is 14.9 Å². The number of nitro groups is 1. The largest absolute Gasteiger partial charge is 0.353 e. The quantitative estimate of drug-likeness (QED) is 0.348. The first-order chi connectivity index (χ1) is 11.6. The van der Waals surface area contributed by atoms with Gasteiger partial charge in [-0.1, -0.05) is 30.3 Å². The number of aryl methyl sites for hydroxylation is 1. The molecule has 1 amide bonds. The molecule has 2 aromatic carbocycles. The molecule has 0 aliphatic heterocycles. The molecule has 0 heterocycles. The Morgan fingerprint density at radius 3 is 2.42 bits per heavy atom. The molecule has 24 heavy (non-hydrogen) atoms. The Balaban J connectivity index is 1.66. The molecule has 0 saturated heterocycles. The molecular formula is C19H20N2O3. The fraction of sp³-hybridized carbons (Fsp3) is 0.211. The smallest absolute Gasteiger partial charge is 0.269 e. The predicted molar refractivity (Wildman–Crippen MR) is 94.5 cm³/mol. The molecule has 2 aromatic rings. The Hall–Kier alpha value is -2.95. The lowest BCUT2D eigenvalue weighted by Crippen LogP contribution is -2.22. The highest BCUT2D eigenvalue weighted by atomic mass is 16.6. The summed E-state index contributed by atoms with van der Waals surface area (Å²) < 4.78 is 0. The molecule has 0 fully saturated rings. The zero-order chi connectivity index (χ0) is 17.2. The van der Waals surface area contributed by atoms with Gasteiger partial charge in [0.15, 0.2) is 0 Å². The average molecular weight is 324 g/mol. The third-order valence-corrected chi connectivity index (χ3v) is 3.57. The molecule has 0 saturated carbocycles. The Kier molecular flexibility index (Phi) is 6.71. The molecule has 0 aliphatic carbocycles. The second kappa shape index (κ2) is 9.25. The number of nitrogens with zero attached hydrogens (tertiary/aromatic N) is 1. The Labute approximate surface area is 141 Å². The van der Waals surface area contributed by atoms with Crippen LogP contribution in [-0.4, -0.2) is 17.4 Å². The lowest BCUT2D eigenvalue weighted by molar-refractivity contribution is -0.384. The molecule has 124 valence electrons. The van der Waals surface area contributed by atoms with Crippen LogP contribution in [0.25, 0.3) is 6.08 Å². The van der Waals surface area contributed by atoms with E-state index in [2.05, 4.69) is 17.4 Å². The van der Waals surface area contributed by atoms with Crippen molar-refractivity contribution >= 4 is 17.7 Å².